The van der Waals surface area contributed by atoms with Crippen molar-refractivity contribution in [2.75, 3.05) is 44.7 Å². The van der Waals surface area contributed by atoms with E-state index in [2.05, 4.69) is 66.2 Å². The lowest BCUT2D eigenvalue weighted by Crippen LogP contribution is -2.55. The van der Waals surface area contributed by atoms with Gasteiger partial charge in [0.05, 0.1) is 24.1 Å². The number of amides is 1. The summed E-state index contributed by atoms with van der Waals surface area (Å²) in [5.41, 5.74) is 4.23. The number of aryl methyl sites for hydroxylation is 1. The number of hydrogen-bond donors (Lipinski definition) is 0. The summed E-state index contributed by atoms with van der Waals surface area (Å²) in [6.07, 6.45) is 3.33. The first kappa shape index (κ1) is 31.7. The maximum atomic E-state index is 13.2. The summed E-state index contributed by atoms with van der Waals surface area (Å²) in [6, 6.07) is 24.9. The summed E-state index contributed by atoms with van der Waals surface area (Å²) >= 11 is 0. The normalized spacial score (nSPS) is 21.0. The molecule has 0 spiro atoms. The van der Waals surface area contributed by atoms with E-state index in [1.54, 1.807) is 4.90 Å². The van der Waals surface area contributed by atoms with Crippen LogP contribution in [0.15, 0.2) is 66.7 Å². The maximum Gasteiger partial charge on any atom is 0.410 e. The van der Waals surface area contributed by atoms with Crippen LogP contribution >= 0.6 is 0 Å². The molecule has 1 aromatic heterocycles. The lowest BCUT2D eigenvalue weighted by molar-refractivity contribution is 0.0766. The number of likely N-dealkylation sites (N-methyl/N-ethyl adjacent to an activating group) is 1. The first-order valence-corrected chi connectivity index (χ1v) is 17.0. The molecule has 10 heteroatoms. The fourth-order valence-electron chi connectivity index (χ4n) is 7.33. The Morgan fingerprint density at radius 3 is 2.62 bits per heavy atom. The topological polar surface area (TPSA) is 104 Å². The molecule has 0 radical (unpaired) electrons. The van der Waals surface area contributed by atoms with Crippen LogP contribution < -0.4 is 14.4 Å². The van der Waals surface area contributed by atoms with Gasteiger partial charge in [-0.3, -0.25) is 0 Å². The third-order valence-electron chi connectivity index (χ3n) is 9.95. The van der Waals surface area contributed by atoms with Crippen molar-refractivity contribution in [2.24, 2.45) is 0 Å². The van der Waals surface area contributed by atoms with Gasteiger partial charge < -0.3 is 28.9 Å². The molecule has 2 saturated heterocycles. The van der Waals surface area contributed by atoms with Gasteiger partial charge in [0.1, 0.15) is 25.1 Å². The number of aromatic nitrogens is 2. The molecule has 1 unspecified atom stereocenters. The number of rotatable bonds is 8. The number of benzene rings is 3. The van der Waals surface area contributed by atoms with E-state index in [1.165, 1.54) is 16.3 Å². The average Bonchev–Trinajstić information content (AvgIpc) is 3.53. The van der Waals surface area contributed by atoms with Crippen molar-refractivity contribution in [1.29, 1.82) is 5.26 Å². The van der Waals surface area contributed by atoms with Crippen LogP contribution in [0.1, 0.15) is 54.0 Å². The monoisotopic (exact) mass is 646 g/mol. The minimum Gasteiger partial charge on any atom is -0.469 e. The number of hydrogen-bond acceptors (Lipinski definition) is 9. The van der Waals surface area contributed by atoms with Gasteiger partial charge in [0.15, 0.2) is 0 Å². The quantitative estimate of drug-likeness (QED) is 0.221. The molecule has 0 N–H and O–H groups in total. The first-order chi connectivity index (χ1) is 23.5. The minimum absolute atomic E-state index is 0.165. The highest BCUT2D eigenvalue weighted by molar-refractivity contribution is 5.89. The zero-order chi connectivity index (χ0) is 33.0. The molecule has 48 heavy (non-hydrogen) atoms. The van der Waals surface area contributed by atoms with E-state index in [0.29, 0.717) is 44.2 Å². The number of carbonyl (C=O) groups excluding carboxylic acids is 1. The average molecular weight is 647 g/mol. The van der Waals surface area contributed by atoms with Gasteiger partial charge >= 0.3 is 12.1 Å². The molecular formula is C38H42N6O4. The van der Waals surface area contributed by atoms with Gasteiger partial charge in [0.25, 0.3) is 0 Å². The molecule has 0 saturated carbocycles. The molecule has 3 aliphatic rings. The van der Waals surface area contributed by atoms with E-state index in [0.717, 1.165) is 54.7 Å². The van der Waals surface area contributed by atoms with E-state index in [-0.39, 0.29) is 25.2 Å². The molecule has 3 atom stereocenters. The SMILES string of the molecule is Cc1cccc2cccc(C3CCc4c(nc(OC[C@@H]5CCCN5C)nc4N4CCN(C(=O)OCc5ccccc5)[C@@H](CC#N)C4)O3)c12. The van der Waals surface area contributed by atoms with Crippen molar-refractivity contribution in [2.45, 2.75) is 63.8 Å². The third-order valence-corrected chi connectivity index (χ3v) is 9.95. The zero-order valence-corrected chi connectivity index (χ0v) is 27.7. The van der Waals surface area contributed by atoms with Gasteiger partial charge in [0.2, 0.25) is 5.88 Å². The van der Waals surface area contributed by atoms with Gasteiger partial charge in [-0.2, -0.15) is 15.2 Å². The van der Waals surface area contributed by atoms with E-state index < -0.39 is 6.09 Å². The molecule has 4 heterocycles. The van der Waals surface area contributed by atoms with E-state index in [4.69, 9.17) is 24.2 Å². The third kappa shape index (κ3) is 6.60. The second-order valence-corrected chi connectivity index (χ2v) is 13.1. The lowest BCUT2D eigenvalue weighted by Gasteiger charge is -2.41. The highest BCUT2D eigenvalue weighted by atomic mass is 16.6. The van der Waals surface area contributed by atoms with Gasteiger partial charge in [-0.1, -0.05) is 66.7 Å². The predicted octanol–water partition coefficient (Wildman–Crippen LogP) is 6.22. The summed E-state index contributed by atoms with van der Waals surface area (Å²) in [5.74, 6) is 1.29. The van der Waals surface area contributed by atoms with E-state index in [1.807, 2.05) is 30.3 Å². The van der Waals surface area contributed by atoms with Crippen LogP contribution in [0.5, 0.6) is 11.9 Å². The number of anilines is 1. The summed E-state index contributed by atoms with van der Waals surface area (Å²) in [4.78, 5) is 29.2. The molecule has 10 nitrogen and oxygen atoms in total. The maximum absolute atomic E-state index is 13.2. The standard InChI is InChI=1S/C38H42N6O4/c1-26-9-6-12-28-13-7-15-31(34(26)28)33-17-16-32-35(40-37(41-36(32)48-33)46-25-30-14-8-20-42(30)2)43-21-22-44(29(23-43)18-19-39)38(45)47-24-27-10-4-3-5-11-27/h3-7,9-13,15,29-30,33H,8,14,16-18,20-25H2,1-2H3/t29-,30-,33?/m0/s1. The van der Waals surface area contributed by atoms with Gasteiger partial charge in [0, 0.05) is 31.2 Å². The van der Waals surface area contributed by atoms with Crippen molar-refractivity contribution in [3.05, 3.63) is 89.0 Å². The lowest BCUT2D eigenvalue weighted by atomic mass is 9.92. The van der Waals surface area contributed by atoms with Crippen LogP contribution in [-0.2, 0) is 17.8 Å². The first-order valence-electron chi connectivity index (χ1n) is 17.0. The van der Waals surface area contributed by atoms with Crippen LogP contribution in [0.4, 0.5) is 10.6 Å². The molecule has 0 bridgehead atoms. The smallest absolute Gasteiger partial charge is 0.410 e. The fourth-order valence-corrected chi connectivity index (χ4v) is 7.33. The summed E-state index contributed by atoms with van der Waals surface area (Å²) in [5, 5.41) is 12.1. The highest BCUT2D eigenvalue weighted by Crippen LogP contribution is 2.41. The Morgan fingerprint density at radius 1 is 1.00 bits per heavy atom. The molecule has 3 aromatic carbocycles. The zero-order valence-electron chi connectivity index (χ0n) is 27.7. The molecule has 1 amide bonds. The highest BCUT2D eigenvalue weighted by Gasteiger charge is 2.36. The van der Waals surface area contributed by atoms with Crippen molar-refractivity contribution in [3.8, 4) is 18.0 Å². The molecular weight excluding hydrogens is 604 g/mol. The van der Waals surface area contributed by atoms with Crippen LogP contribution in [0, 0.1) is 18.3 Å². The Morgan fingerprint density at radius 2 is 1.83 bits per heavy atom. The molecule has 0 aliphatic carbocycles. The Labute approximate surface area is 281 Å². The van der Waals surface area contributed by atoms with Crippen LogP contribution in [0.2, 0.25) is 0 Å². The molecule has 248 valence electrons. The fraction of sp³-hybridized carbons (Fsp3) is 0.421. The molecule has 7 rings (SSSR count). The molecule has 2 fully saturated rings. The van der Waals surface area contributed by atoms with Crippen molar-refractivity contribution in [1.82, 2.24) is 19.8 Å². The molecule has 4 aromatic rings. The summed E-state index contributed by atoms with van der Waals surface area (Å²) < 4.78 is 18.7. The number of carbonyl (C=O) groups is 1. The van der Waals surface area contributed by atoms with Crippen molar-refractivity contribution < 1.29 is 19.0 Å². The van der Waals surface area contributed by atoms with Gasteiger partial charge in [-0.15, -0.1) is 0 Å². The van der Waals surface area contributed by atoms with Gasteiger partial charge in [-0.25, -0.2) is 4.79 Å². The Hall–Kier alpha value is -4.88. The van der Waals surface area contributed by atoms with Crippen LogP contribution in [-0.4, -0.2) is 77.8 Å². The number of likely N-dealkylation sites (tertiary alicyclic amines) is 1. The number of piperazine rings is 1. The van der Waals surface area contributed by atoms with Crippen molar-refractivity contribution >= 4 is 22.7 Å². The van der Waals surface area contributed by atoms with Crippen LogP contribution in [0.25, 0.3) is 10.8 Å². The predicted molar refractivity (Wildman–Crippen MR) is 183 cm³/mol. The van der Waals surface area contributed by atoms with Crippen LogP contribution in [0.3, 0.4) is 0 Å². The second-order valence-electron chi connectivity index (χ2n) is 13.1. The Balaban J connectivity index is 1.16. The number of fused-ring (bicyclic) bond motifs is 2. The Bertz CT molecular complexity index is 1810. The minimum atomic E-state index is -0.412. The van der Waals surface area contributed by atoms with E-state index >= 15 is 0 Å². The molecule has 3 aliphatic heterocycles. The number of nitriles is 1. The van der Waals surface area contributed by atoms with Gasteiger partial charge in [-0.05, 0) is 68.1 Å². The van der Waals surface area contributed by atoms with Crippen molar-refractivity contribution in [3.63, 3.8) is 0 Å². The second kappa shape index (κ2) is 14.1. The largest absolute Gasteiger partial charge is 0.469 e. The summed E-state index contributed by atoms with van der Waals surface area (Å²) in [7, 11) is 2.12. The number of nitrogens with zero attached hydrogens (tertiary/aromatic N) is 6. The van der Waals surface area contributed by atoms with E-state index in [9.17, 15) is 10.1 Å². The summed E-state index contributed by atoms with van der Waals surface area (Å²) in [6.45, 7) is 5.25. The number of ether oxygens (including phenoxy) is 3. The Kier molecular flexibility index (Phi) is 9.30.